The standard InChI is InChI=1S/C20H17FN2O7/c21-13-3-5-14(6-4-13)28-11-16-7-8-17(30-16)19(25)29-12-18(24)23-20(26)22-10-15-2-1-9-27-15/h1-9H,10-12H2,(H2,22,23,24,26). The van der Waals surface area contributed by atoms with Crippen LogP contribution in [0.1, 0.15) is 22.1 Å². The average Bonchev–Trinajstić information content (AvgIpc) is 3.42. The minimum Gasteiger partial charge on any atom is -0.486 e. The molecule has 1 aromatic carbocycles. The molecule has 10 heteroatoms. The Hall–Kier alpha value is -4.08. The van der Waals surface area contributed by atoms with Crippen molar-refractivity contribution in [3.63, 3.8) is 0 Å². The molecular formula is C20H17FN2O7. The molecule has 3 rings (SSSR count). The zero-order chi connectivity index (χ0) is 21.3. The number of carbonyl (C=O) groups is 3. The minimum absolute atomic E-state index is 0.00917. The highest BCUT2D eigenvalue weighted by Gasteiger charge is 2.16. The van der Waals surface area contributed by atoms with Crippen LogP contribution < -0.4 is 15.4 Å². The van der Waals surface area contributed by atoms with E-state index in [1.165, 1.54) is 42.7 Å². The maximum Gasteiger partial charge on any atom is 0.374 e. The van der Waals surface area contributed by atoms with Crippen LogP contribution >= 0.6 is 0 Å². The number of benzene rings is 1. The van der Waals surface area contributed by atoms with E-state index in [1.807, 2.05) is 5.32 Å². The van der Waals surface area contributed by atoms with Gasteiger partial charge in [0, 0.05) is 0 Å². The first-order chi connectivity index (χ1) is 14.5. The van der Waals surface area contributed by atoms with Crippen molar-refractivity contribution < 1.29 is 37.1 Å². The Morgan fingerprint density at radius 3 is 2.53 bits per heavy atom. The van der Waals surface area contributed by atoms with E-state index in [1.54, 1.807) is 12.1 Å². The van der Waals surface area contributed by atoms with Crippen LogP contribution in [0.4, 0.5) is 9.18 Å². The quantitative estimate of drug-likeness (QED) is 0.542. The number of furan rings is 2. The number of urea groups is 1. The Kier molecular flexibility index (Phi) is 6.83. The van der Waals surface area contributed by atoms with Crippen LogP contribution in [0, 0.1) is 5.82 Å². The molecule has 0 aliphatic heterocycles. The lowest BCUT2D eigenvalue weighted by atomic mass is 10.3. The van der Waals surface area contributed by atoms with Gasteiger partial charge in [-0.2, -0.15) is 0 Å². The minimum atomic E-state index is -0.880. The summed E-state index contributed by atoms with van der Waals surface area (Å²) in [6.45, 7) is -0.564. The molecule has 9 nitrogen and oxygen atoms in total. The highest BCUT2D eigenvalue weighted by atomic mass is 19.1. The molecule has 0 unspecified atom stereocenters. The summed E-state index contributed by atoms with van der Waals surface area (Å²) in [5.74, 6) is -0.943. The Bertz CT molecular complexity index is 997. The fourth-order valence-corrected chi connectivity index (χ4v) is 2.24. The van der Waals surface area contributed by atoms with Crippen LogP contribution in [0.15, 0.2) is 63.6 Å². The molecule has 0 radical (unpaired) electrons. The molecule has 30 heavy (non-hydrogen) atoms. The van der Waals surface area contributed by atoms with Gasteiger partial charge in [0.1, 0.15) is 29.7 Å². The van der Waals surface area contributed by atoms with Crippen LogP contribution in [0.2, 0.25) is 0 Å². The molecule has 2 N–H and O–H groups in total. The summed E-state index contributed by atoms with van der Waals surface area (Å²) in [5, 5.41) is 4.42. The van der Waals surface area contributed by atoms with Gasteiger partial charge in [-0.1, -0.05) is 0 Å². The molecule has 0 aliphatic carbocycles. The molecule has 0 spiro atoms. The molecule has 156 valence electrons. The first-order valence-electron chi connectivity index (χ1n) is 8.74. The van der Waals surface area contributed by atoms with Gasteiger partial charge in [-0.3, -0.25) is 10.1 Å². The van der Waals surface area contributed by atoms with Crippen molar-refractivity contribution in [2.24, 2.45) is 0 Å². The van der Waals surface area contributed by atoms with Crippen molar-refractivity contribution in [2.75, 3.05) is 6.61 Å². The van der Waals surface area contributed by atoms with Crippen LogP contribution in [0.5, 0.6) is 5.75 Å². The number of halogens is 1. The van der Waals surface area contributed by atoms with Crippen molar-refractivity contribution in [3.8, 4) is 5.75 Å². The Balaban J connectivity index is 1.38. The maximum absolute atomic E-state index is 12.9. The van der Waals surface area contributed by atoms with Gasteiger partial charge in [0.05, 0.1) is 12.8 Å². The predicted octanol–water partition coefficient (Wildman–Crippen LogP) is 2.77. The molecule has 0 saturated heterocycles. The first-order valence-corrected chi connectivity index (χ1v) is 8.74. The number of hydrogen-bond acceptors (Lipinski definition) is 7. The average molecular weight is 416 g/mol. The van der Waals surface area contributed by atoms with Gasteiger partial charge in [0.15, 0.2) is 6.61 Å². The van der Waals surface area contributed by atoms with Crippen molar-refractivity contribution in [1.82, 2.24) is 10.6 Å². The van der Waals surface area contributed by atoms with Crippen LogP contribution in [0.25, 0.3) is 0 Å². The number of carbonyl (C=O) groups excluding carboxylic acids is 3. The van der Waals surface area contributed by atoms with Crippen molar-refractivity contribution in [2.45, 2.75) is 13.2 Å². The molecule has 0 atom stereocenters. The molecular weight excluding hydrogens is 399 g/mol. The van der Waals surface area contributed by atoms with E-state index in [0.717, 1.165) is 0 Å². The van der Waals surface area contributed by atoms with E-state index in [0.29, 0.717) is 17.3 Å². The van der Waals surface area contributed by atoms with E-state index in [-0.39, 0.29) is 24.7 Å². The van der Waals surface area contributed by atoms with E-state index >= 15 is 0 Å². The fourth-order valence-electron chi connectivity index (χ4n) is 2.24. The Morgan fingerprint density at radius 2 is 1.80 bits per heavy atom. The van der Waals surface area contributed by atoms with E-state index in [2.05, 4.69) is 5.32 Å². The van der Waals surface area contributed by atoms with Gasteiger partial charge in [-0.05, 0) is 48.5 Å². The molecule has 3 amide bonds. The normalized spacial score (nSPS) is 10.3. The van der Waals surface area contributed by atoms with Gasteiger partial charge >= 0.3 is 12.0 Å². The number of rotatable bonds is 8. The lowest BCUT2D eigenvalue weighted by molar-refractivity contribution is -0.123. The third kappa shape index (κ3) is 6.23. The number of amides is 3. The first kappa shape index (κ1) is 20.6. The number of hydrogen-bond donors (Lipinski definition) is 2. The summed E-state index contributed by atoms with van der Waals surface area (Å²) < 4.78 is 33.4. The lowest BCUT2D eigenvalue weighted by Gasteiger charge is -2.06. The van der Waals surface area contributed by atoms with Crippen LogP contribution in [0.3, 0.4) is 0 Å². The summed E-state index contributed by atoms with van der Waals surface area (Å²) in [7, 11) is 0. The molecule has 2 heterocycles. The smallest absolute Gasteiger partial charge is 0.374 e. The SMILES string of the molecule is O=C(COC(=O)c1ccc(COc2ccc(F)cc2)o1)NC(=O)NCc1ccco1. The number of esters is 1. The molecule has 0 saturated carbocycles. The van der Waals surface area contributed by atoms with Crippen LogP contribution in [-0.2, 0) is 22.7 Å². The van der Waals surface area contributed by atoms with Crippen molar-refractivity contribution in [1.29, 1.82) is 0 Å². The summed E-state index contributed by atoms with van der Waals surface area (Å²) >= 11 is 0. The third-order valence-electron chi connectivity index (χ3n) is 3.65. The van der Waals surface area contributed by atoms with Gasteiger partial charge in [-0.25, -0.2) is 14.0 Å². The van der Waals surface area contributed by atoms with E-state index in [4.69, 9.17) is 18.3 Å². The van der Waals surface area contributed by atoms with Gasteiger partial charge in [0.25, 0.3) is 5.91 Å². The number of imide groups is 1. The molecule has 0 aliphatic rings. The largest absolute Gasteiger partial charge is 0.486 e. The Morgan fingerprint density at radius 1 is 1.00 bits per heavy atom. The topological polar surface area (TPSA) is 120 Å². The summed E-state index contributed by atoms with van der Waals surface area (Å²) in [6, 6.07) is 10.8. The summed E-state index contributed by atoms with van der Waals surface area (Å²) in [5.41, 5.74) is 0. The fraction of sp³-hybridized carbons (Fsp3) is 0.150. The molecule has 0 bridgehead atoms. The van der Waals surface area contributed by atoms with Gasteiger partial charge in [-0.15, -0.1) is 0 Å². The molecule has 0 fully saturated rings. The zero-order valence-electron chi connectivity index (χ0n) is 15.6. The molecule has 3 aromatic rings. The predicted molar refractivity (Wildman–Crippen MR) is 98.8 cm³/mol. The number of nitrogens with one attached hydrogen (secondary N) is 2. The lowest BCUT2D eigenvalue weighted by Crippen LogP contribution is -2.41. The summed E-state index contributed by atoms with van der Waals surface area (Å²) in [4.78, 5) is 35.2. The molecule has 2 aromatic heterocycles. The highest BCUT2D eigenvalue weighted by Crippen LogP contribution is 2.15. The third-order valence-corrected chi connectivity index (χ3v) is 3.65. The van der Waals surface area contributed by atoms with Gasteiger partial charge in [0.2, 0.25) is 5.76 Å². The van der Waals surface area contributed by atoms with Crippen molar-refractivity contribution in [3.05, 3.63) is 77.9 Å². The monoisotopic (exact) mass is 416 g/mol. The second-order valence-corrected chi connectivity index (χ2v) is 5.89. The number of ether oxygens (including phenoxy) is 2. The van der Waals surface area contributed by atoms with E-state index < -0.39 is 24.5 Å². The second-order valence-electron chi connectivity index (χ2n) is 5.89. The van der Waals surface area contributed by atoms with Crippen LogP contribution in [-0.4, -0.2) is 24.5 Å². The second kappa shape index (κ2) is 9.92. The van der Waals surface area contributed by atoms with Crippen molar-refractivity contribution >= 4 is 17.9 Å². The Labute approximate surface area is 169 Å². The highest BCUT2D eigenvalue weighted by molar-refractivity contribution is 5.96. The van der Waals surface area contributed by atoms with E-state index in [9.17, 15) is 18.8 Å². The summed E-state index contributed by atoms with van der Waals surface area (Å²) in [6.07, 6.45) is 1.45. The van der Waals surface area contributed by atoms with Gasteiger partial charge < -0.3 is 23.6 Å². The maximum atomic E-state index is 12.9. The zero-order valence-corrected chi connectivity index (χ0v) is 15.6.